The van der Waals surface area contributed by atoms with Crippen LogP contribution >= 0.6 is 0 Å². The molecule has 1 heterocycles. The highest BCUT2D eigenvalue weighted by molar-refractivity contribution is 4.98. The molecule has 0 N–H and O–H groups in total. The molecule has 0 amide bonds. The van der Waals surface area contributed by atoms with E-state index in [1.54, 1.807) is 0 Å². The summed E-state index contributed by atoms with van der Waals surface area (Å²) in [5, 5.41) is 0. The highest BCUT2D eigenvalue weighted by Crippen LogP contribution is 2.16. The summed E-state index contributed by atoms with van der Waals surface area (Å²) in [6, 6.07) is 0.588. The van der Waals surface area contributed by atoms with Crippen LogP contribution in [0.1, 0.15) is 26.7 Å². The standard InChI is InChI=1S/C10H19NO/c1-4-10-7-6-9(8-12-10)11(3)5-2/h7,9H,4-6,8H2,1-3H3. The average Bonchev–Trinajstić information content (AvgIpc) is 2.17. The van der Waals surface area contributed by atoms with Crippen molar-refractivity contribution in [2.45, 2.75) is 32.7 Å². The molecular weight excluding hydrogens is 150 g/mol. The summed E-state index contributed by atoms with van der Waals surface area (Å²) in [7, 11) is 2.15. The summed E-state index contributed by atoms with van der Waals surface area (Å²) >= 11 is 0. The second-order valence-corrected chi connectivity index (χ2v) is 3.30. The minimum atomic E-state index is 0.588. The van der Waals surface area contributed by atoms with Gasteiger partial charge in [0.15, 0.2) is 0 Å². The van der Waals surface area contributed by atoms with Crippen LogP contribution in [0, 0.1) is 0 Å². The van der Waals surface area contributed by atoms with Crippen molar-refractivity contribution in [3.63, 3.8) is 0 Å². The maximum Gasteiger partial charge on any atom is 0.103 e. The van der Waals surface area contributed by atoms with E-state index < -0.39 is 0 Å². The molecule has 0 aromatic rings. The van der Waals surface area contributed by atoms with Gasteiger partial charge in [-0.2, -0.15) is 0 Å². The van der Waals surface area contributed by atoms with Gasteiger partial charge in [-0.05, 0) is 26.1 Å². The van der Waals surface area contributed by atoms with Crippen LogP contribution in [0.4, 0.5) is 0 Å². The van der Waals surface area contributed by atoms with Gasteiger partial charge in [0.25, 0.3) is 0 Å². The molecule has 2 heteroatoms. The molecular formula is C10H19NO. The van der Waals surface area contributed by atoms with Crippen molar-refractivity contribution in [1.82, 2.24) is 4.90 Å². The Kier molecular flexibility index (Phi) is 3.60. The van der Waals surface area contributed by atoms with Gasteiger partial charge in [0.2, 0.25) is 0 Å². The minimum absolute atomic E-state index is 0.588. The lowest BCUT2D eigenvalue weighted by Gasteiger charge is -2.29. The molecule has 0 fully saturated rings. The normalized spacial score (nSPS) is 23.7. The number of hydrogen-bond acceptors (Lipinski definition) is 2. The zero-order valence-corrected chi connectivity index (χ0v) is 8.34. The van der Waals surface area contributed by atoms with Crippen molar-refractivity contribution in [2.24, 2.45) is 0 Å². The minimum Gasteiger partial charge on any atom is -0.497 e. The molecule has 0 aromatic carbocycles. The highest BCUT2D eigenvalue weighted by atomic mass is 16.5. The van der Waals surface area contributed by atoms with Crippen molar-refractivity contribution in [3.8, 4) is 0 Å². The van der Waals surface area contributed by atoms with E-state index in [2.05, 4.69) is 31.9 Å². The molecule has 0 spiro atoms. The van der Waals surface area contributed by atoms with Crippen molar-refractivity contribution in [1.29, 1.82) is 0 Å². The molecule has 0 saturated carbocycles. The monoisotopic (exact) mass is 169 g/mol. The summed E-state index contributed by atoms with van der Waals surface area (Å²) in [6.07, 6.45) is 4.40. The first-order chi connectivity index (χ1) is 5.77. The van der Waals surface area contributed by atoms with Crippen molar-refractivity contribution in [3.05, 3.63) is 11.8 Å². The van der Waals surface area contributed by atoms with E-state index >= 15 is 0 Å². The second-order valence-electron chi connectivity index (χ2n) is 3.30. The fourth-order valence-corrected chi connectivity index (χ4v) is 1.41. The lowest BCUT2D eigenvalue weighted by molar-refractivity contribution is 0.0988. The van der Waals surface area contributed by atoms with E-state index in [9.17, 15) is 0 Å². The van der Waals surface area contributed by atoms with E-state index in [1.807, 2.05) is 0 Å². The van der Waals surface area contributed by atoms with Crippen molar-refractivity contribution in [2.75, 3.05) is 20.2 Å². The molecule has 70 valence electrons. The van der Waals surface area contributed by atoms with Gasteiger partial charge in [0.1, 0.15) is 6.61 Å². The molecule has 1 atom stereocenters. The van der Waals surface area contributed by atoms with E-state index in [1.165, 1.54) is 0 Å². The van der Waals surface area contributed by atoms with Gasteiger partial charge >= 0.3 is 0 Å². The summed E-state index contributed by atoms with van der Waals surface area (Å²) < 4.78 is 5.58. The molecule has 0 aromatic heterocycles. The Morgan fingerprint density at radius 1 is 1.58 bits per heavy atom. The maximum atomic E-state index is 5.58. The number of hydrogen-bond donors (Lipinski definition) is 0. The van der Waals surface area contributed by atoms with Gasteiger partial charge in [0, 0.05) is 12.5 Å². The molecule has 12 heavy (non-hydrogen) atoms. The number of rotatable bonds is 3. The van der Waals surface area contributed by atoms with Gasteiger partial charge in [-0.3, -0.25) is 4.90 Å². The van der Waals surface area contributed by atoms with E-state index in [0.29, 0.717) is 6.04 Å². The summed E-state index contributed by atoms with van der Waals surface area (Å²) in [6.45, 7) is 6.28. The summed E-state index contributed by atoms with van der Waals surface area (Å²) in [4.78, 5) is 2.34. The smallest absolute Gasteiger partial charge is 0.103 e. The fraction of sp³-hybridized carbons (Fsp3) is 0.800. The average molecular weight is 169 g/mol. The zero-order valence-electron chi connectivity index (χ0n) is 8.34. The van der Waals surface area contributed by atoms with Crippen LogP contribution in [-0.4, -0.2) is 31.1 Å². The molecule has 0 radical (unpaired) electrons. The Morgan fingerprint density at radius 2 is 2.33 bits per heavy atom. The van der Waals surface area contributed by atoms with Gasteiger partial charge in [-0.25, -0.2) is 0 Å². The molecule has 1 aliphatic heterocycles. The van der Waals surface area contributed by atoms with Gasteiger partial charge in [-0.1, -0.05) is 13.8 Å². The third kappa shape index (κ3) is 2.24. The topological polar surface area (TPSA) is 12.5 Å². The Labute approximate surface area is 75.2 Å². The van der Waals surface area contributed by atoms with Crippen LogP contribution < -0.4 is 0 Å². The summed E-state index contributed by atoms with van der Waals surface area (Å²) in [5.41, 5.74) is 0. The van der Waals surface area contributed by atoms with Crippen LogP contribution in [-0.2, 0) is 4.74 Å². The van der Waals surface area contributed by atoms with Gasteiger partial charge < -0.3 is 4.74 Å². The lowest BCUT2D eigenvalue weighted by Crippen LogP contribution is -2.36. The van der Waals surface area contributed by atoms with Gasteiger partial charge in [-0.15, -0.1) is 0 Å². The quantitative estimate of drug-likeness (QED) is 0.641. The van der Waals surface area contributed by atoms with Gasteiger partial charge in [0.05, 0.1) is 5.76 Å². The van der Waals surface area contributed by atoms with Crippen molar-refractivity contribution < 1.29 is 4.74 Å². The number of ether oxygens (including phenoxy) is 1. The van der Waals surface area contributed by atoms with Crippen LogP contribution in [0.25, 0.3) is 0 Å². The van der Waals surface area contributed by atoms with E-state index in [4.69, 9.17) is 4.74 Å². The zero-order chi connectivity index (χ0) is 8.97. The molecule has 0 aliphatic carbocycles. The second kappa shape index (κ2) is 4.51. The molecule has 1 rings (SSSR count). The molecule has 2 nitrogen and oxygen atoms in total. The molecule has 0 bridgehead atoms. The molecule has 0 saturated heterocycles. The Hall–Kier alpha value is -0.500. The van der Waals surface area contributed by atoms with Crippen LogP contribution in [0.2, 0.25) is 0 Å². The third-order valence-corrected chi connectivity index (χ3v) is 2.55. The van der Waals surface area contributed by atoms with E-state index in [-0.39, 0.29) is 0 Å². The first-order valence-electron chi connectivity index (χ1n) is 4.80. The van der Waals surface area contributed by atoms with Crippen LogP contribution in [0.15, 0.2) is 11.8 Å². The largest absolute Gasteiger partial charge is 0.497 e. The van der Waals surface area contributed by atoms with Crippen LogP contribution in [0.3, 0.4) is 0 Å². The number of allylic oxidation sites excluding steroid dienone is 1. The van der Waals surface area contributed by atoms with Crippen LogP contribution in [0.5, 0.6) is 0 Å². The Bertz CT molecular complexity index is 165. The predicted octanol–water partition coefficient (Wildman–Crippen LogP) is 2.02. The first kappa shape index (κ1) is 9.59. The third-order valence-electron chi connectivity index (χ3n) is 2.55. The molecule has 1 aliphatic rings. The predicted molar refractivity (Wildman–Crippen MR) is 51.0 cm³/mol. The number of nitrogens with zero attached hydrogens (tertiary/aromatic N) is 1. The number of likely N-dealkylation sites (N-methyl/N-ethyl adjacent to an activating group) is 1. The lowest BCUT2D eigenvalue weighted by atomic mass is 10.1. The van der Waals surface area contributed by atoms with E-state index in [0.717, 1.165) is 31.8 Å². The van der Waals surface area contributed by atoms with Crippen molar-refractivity contribution >= 4 is 0 Å². The molecule has 1 unspecified atom stereocenters. The highest BCUT2D eigenvalue weighted by Gasteiger charge is 2.17. The Morgan fingerprint density at radius 3 is 2.75 bits per heavy atom. The Balaban J connectivity index is 2.40. The SMILES string of the molecule is CCC1=CCC(N(C)CC)CO1. The fourth-order valence-electron chi connectivity index (χ4n) is 1.41. The maximum absolute atomic E-state index is 5.58. The summed E-state index contributed by atoms with van der Waals surface area (Å²) in [5.74, 6) is 1.16. The first-order valence-corrected chi connectivity index (χ1v) is 4.80.